The summed E-state index contributed by atoms with van der Waals surface area (Å²) in [4.78, 5) is 13.3. The van der Waals surface area contributed by atoms with Crippen molar-refractivity contribution in [3.63, 3.8) is 0 Å². The Morgan fingerprint density at radius 1 is 1.30 bits per heavy atom. The first-order chi connectivity index (χ1) is 8.99. The fraction of sp³-hybridized carbons (Fsp3) is 0.923. The summed E-state index contributed by atoms with van der Waals surface area (Å²) in [5, 5.41) is 9.04. The lowest BCUT2D eigenvalue weighted by molar-refractivity contribution is -0.209. The molecule has 0 bridgehead atoms. The van der Waals surface area contributed by atoms with E-state index in [9.17, 15) is 18.0 Å². The molecule has 118 valence electrons. The lowest BCUT2D eigenvalue weighted by Gasteiger charge is -2.34. The molecule has 4 nitrogen and oxygen atoms in total. The van der Waals surface area contributed by atoms with E-state index in [1.54, 1.807) is 20.8 Å². The molecule has 0 aromatic rings. The van der Waals surface area contributed by atoms with Crippen LogP contribution in [0.15, 0.2) is 0 Å². The van der Waals surface area contributed by atoms with E-state index in [1.807, 2.05) is 0 Å². The molecule has 1 N–H and O–H groups in total. The summed E-state index contributed by atoms with van der Waals surface area (Å²) in [6.07, 6.45) is -6.68. The molecule has 1 unspecified atom stereocenters. The summed E-state index contributed by atoms with van der Waals surface area (Å²) in [7, 11) is 0. The van der Waals surface area contributed by atoms with Crippen LogP contribution in [0.5, 0.6) is 0 Å². The van der Waals surface area contributed by atoms with E-state index < -0.39 is 24.0 Å². The van der Waals surface area contributed by atoms with E-state index in [0.29, 0.717) is 25.9 Å². The molecule has 1 fully saturated rings. The molecule has 0 spiro atoms. The number of hydrogen-bond donors (Lipinski definition) is 1. The largest absolute Gasteiger partial charge is 0.444 e. The van der Waals surface area contributed by atoms with Crippen molar-refractivity contribution in [3.8, 4) is 0 Å². The molecule has 1 heterocycles. The highest BCUT2D eigenvalue weighted by Gasteiger charge is 2.40. The number of aliphatic hydroxyl groups excluding tert-OH is 1. The van der Waals surface area contributed by atoms with E-state index in [1.165, 1.54) is 4.90 Å². The number of nitrogens with zero attached hydrogens (tertiary/aromatic N) is 1. The molecule has 1 aliphatic heterocycles. The van der Waals surface area contributed by atoms with Crippen LogP contribution in [0.2, 0.25) is 0 Å². The molecule has 0 aromatic carbocycles. The van der Waals surface area contributed by atoms with Crippen LogP contribution in [0, 0.1) is 5.92 Å². The fourth-order valence-corrected chi connectivity index (χ4v) is 2.13. The van der Waals surface area contributed by atoms with Gasteiger partial charge in [0.25, 0.3) is 0 Å². The Bertz CT molecular complexity index is 331. The van der Waals surface area contributed by atoms with Crippen molar-refractivity contribution in [2.75, 3.05) is 13.1 Å². The molecule has 1 aliphatic rings. The Morgan fingerprint density at radius 2 is 1.80 bits per heavy atom. The minimum atomic E-state index is -4.57. The first-order valence-corrected chi connectivity index (χ1v) is 6.72. The third-order valence-corrected chi connectivity index (χ3v) is 3.20. The van der Waals surface area contributed by atoms with Gasteiger partial charge in [-0.25, -0.2) is 4.79 Å². The minimum absolute atomic E-state index is 0.217. The van der Waals surface area contributed by atoms with Crippen molar-refractivity contribution < 1.29 is 27.8 Å². The molecule has 0 radical (unpaired) electrons. The van der Waals surface area contributed by atoms with E-state index >= 15 is 0 Å². The molecule has 0 aliphatic carbocycles. The van der Waals surface area contributed by atoms with Gasteiger partial charge in [0.2, 0.25) is 0 Å². The molecule has 20 heavy (non-hydrogen) atoms. The highest BCUT2D eigenvalue weighted by molar-refractivity contribution is 5.68. The van der Waals surface area contributed by atoms with Gasteiger partial charge >= 0.3 is 12.3 Å². The van der Waals surface area contributed by atoms with Gasteiger partial charge in [-0.2, -0.15) is 13.2 Å². The molecule has 1 amide bonds. The maximum Gasteiger partial charge on any atom is 0.414 e. The lowest BCUT2D eigenvalue weighted by Crippen LogP contribution is -2.42. The summed E-state index contributed by atoms with van der Waals surface area (Å²) in [5.41, 5.74) is -0.583. The van der Waals surface area contributed by atoms with Gasteiger partial charge < -0.3 is 14.7 Å². The van der Waals surface area contributed by atoms with Crippen molar-refractivity contribution in [1.82, 2.24) is 4.90 Å². The Morgan fingerprint density at radius 3 is 2.20 bits per heavy atom. The monoisotopic (exact) mass is 297 g/mol. The zero-order valence-electron chi connectivity index (χ0n) is 12.0. The summed E-state index contributed by atoms with van der Waals surface area (Å²) in [6, 6.07) is 0. The van der Waals surface area contributed by atoms with Crippen molar-refractivity contribution >= 4 is 6.09 Å². The number of hydrogen-bond acceptors (Lipinski definition) is 3. The SMILES string of the molecule is CC(C)(C)OC(=O)N1CCC(CC(O)C(F)(F)F)CC1. The number of amides is 1. The van der Waals surface area contributed by atoms with Gasteiger partial charge in [0, 0.05) is 13.1 Å². The molecular weight excluding hydrogens is 275 g/mol. The van der Waals surface area contributed by atoms with Crippen LogP contribution >= 0.6 is 0 Å². The number of aliphatic hydroxyl groups is 1. The highest BCUT2D eigenvalue weighted by atomic mass is 19.4. The predicted molar refractivity (Wildman–Crippen MR) is 67.2 cm³/mol. The number of carbonyl (C=O) groups is 1. The molecule has 0 aromatic heterocycles. The molecule has 1 rings (SSSR count). The number of carbonyl (C=O) groups excluding carboxylic acids is 1. The summed E-state index contributed by atoms with van der Waals surface area (Å²) >= 11 is 0. The second kappa shape index (κ2) is 6.20. The first kappa shape index (κ1) is 17.1. The minimum Gasteiger partial charge on any atom is -0.444 e. The first-order valence-electron chi connectivity index (χ1n) is 6.72. The summed E-state index contributed by atoms with van der Waals surface area (Å²) in [6.45, 7) is 6.01. The molecule has 7 heteroatoms. The van der Waals surface area contributed by atoms with Crippen molar-refractivity contribution in [2.24, 2.45) is 5.92 Å². The number of likely N-dealkylation sites (tertiary alicyclic amines) is 1. The van der Waals surface area contributed by atoms with E-state index in [2.05, 4.69) is 0 Å². The van der Waals surface area contributed by atoms with Gasteiger partial charge in [0.15, 0.2) is 0 Å². The van der Waals surface area contributed by atoms with Crippen molar-refractivity contribution in [2.45, 2.75) is 57.9 Å². The Balaban J connectivity index is 2.39. The van der Waals surface area contributed by atoms with Crippen LogP contribution in [0.25, 0.3) is 0 Å². The van der Waals surface area contributed by atoms with Gasteiger partial charge in [0.1, 0.15) is 11.7 Å². The Labute approximate surface area is 116 Å². The lowest BCUT2D eigenvalue weighted by atomic mass is 9.91. The zero-order chi connectivity index (χ0) is 15.6. The fourth-order valence-electron chi connectivity index (χ4n) is 2.13. The third kappa shape index (κ3) is 5.56. The second-order valence-electron chi connectivity index (χ2n) is 6.20. The van der Waals surface area contributed by atoms with Crippen LogP contribution in [-0.4, -0.2) is 47.1 Å². The topological polar surface area (TPSA) is 49.8 Å². The number of ether oxygens (including phenoxy) is 1. The zero-order valence-corrected chi connectivity index (χ0v) is 12.0. The Hall–Kier alpha value is -0.980. The molecule has 0 saturated carbocycles. The van der Waals surface area contributed by atoms with Crippen LogP contribution in [-0.2, 0) is 4.74 Å². The molecule has 1 saturated heterocycles. The van der Waals surface area contributed by atoms with Crippen LogP contribution in [0.1, 0.15) is 40.0 Å². The van der Waals surface area contributed by atoms with E-state index in [-0.39, 0.29) is 12.3 Å². The Kier molecular flexibility index (Phi) is 5.29. The van der Waals surface area contributed by atoms with Crippen molar-refractivity contribution in [1.29, 1.82) is 0 Å². The number of piperidine rings is 1. The number of alkyl halides is 3. The van der Waals surface area contributed by atoms with Gasteiger partial charge in [-0.05, 0) is 46.0 Å². The maximum atomic E-state index is 12.3. The van der Waals surface area contributed by atoms with E-state index in [0.717, 1.165) is 0 Å². The third-order valence-electron chi connectivity index (χ3n) is 3.20. The maximum absolute atomic E-state index is 12.3. The average molecular weight is 297 g/mol. The van der Waals surface area contributed by atoms with E-state index in [4.69, 9.17) is 9.84 Å². The summed E-state index contributed by atoms with van der Waals surface area (Å²) < 4.78 is 42.0. The van der Waals surface area contributed by atoms with Gasteiger partial charge in [-0.1, -0.05) is 0 Å². The average Bonchev–Trinajstić information content (AvgIpc) is 2.26. The van der Waals surface area contributed by atoms with Crippen molar-refractivity contribution in [3.05, 3.63) is 0 Å². The van der Waals surface area contributed by atoms with Crippen LogP contribution in [0.4, 0.5) is 18.0 Å². The summed E-state index contributed by atoms with van der Waals surface area (Å²) in [5.74, 6) is -0.217. The van der Waals surface area contributed by atoms with Gasteiger partial charge in [-0.3, -0.25) is 0 Å². The molecule has 1 atom stereocenters. The van der Waals surface area contributed by atoms with Crippen LogP contribution in [0.3, 0.4) is 0 Å². The number of halogens is 3. The quantitative estimate of drug-likeness (QED) is 0.852. The van der Waals surface area contributed by atoms with Gasteiger partial charge in [0.05, 0.1) is 0 Å². The highest BCUT2D eigenvalue weighted by Crippen LogP contribution is 2.29. The smallest absolute Gasteiger partial charge is 0.414 e. The van der Waals surface area contributed by atoms with Gasteiger partial charge in [-0.15, -0.1) is 0 Å². The normalized spacial score (nSPS) is 19.9. The standard InChI is InChI=1S/C13H22F3NO3/c1-12(2,3)20-11(19)17-6-4-9(5-7-17)8-10(18)13(14,15)16/h9-10,18H,4-8H2,1-3H3. The van der Waals surface area contributed by atoms with Crippen LogP contribution < -0.4 is 0 Å². The second-order valence-corrected chi connectivity index (χ2v) is 6.20. The number of rotatable bonds is 2. The predicted octanol–water partition coefficient (Wildman–Crippen LogP) is 2.95. The molecular formula is C13H22F3NO3.